The maximum absolute atomic E-state index is 12.6. The topological polar surface area (TPSA) is 77.8 Å². The lowest BCUT2D eigenvalue weighted by atomic mass is 10.00. The molecule has 0 aliphatic heterocycles. The number of hydrogen-bond donors (Lipinski definition) is 3. The molecule has 0 aliphatic carbocycles. The van der Waals surface area contributed by atoms with Gasteiger partial charge in [-0.3, -0.25) is 4.79 Å². The smallest absolute Gasteiger partial charge is 0.189 e. The Morgan fingerprint density at radius 3 is 2.31 bits per heavy atom. The molecule has 0 saturated heterocycles. The molecule has 29 heavy (non-hydrogen) atoms. The molecule has 4 nitrogen and oxygen atoms in total. The van der Waals surface area contributed by atoms with E-state index in [0.717, 1.165) is 16.7 Å². The molecule has 0 fully saturated rings. The first-order valence-electron chi connectivity index (χ1n) is 9.25. The molecule has 0 amide bonds. The lowest BCUT2D eigenvalue weighted by Gasteiger charge is -2.09. The largest absolute Gasteiger partial charge is 0.508 e. The summed E-state index contributed by atoms with van der Waals surface area (Å²) in [5, 5.41) is 30.4. The van der Waals surface area contributed by atoms with Gasteiger partial charge in [0.25, 0.3) is 0 Å². The number of ketones is 1. The van der Waals surface area contributed by atoms with Crippen LogP contribution in [0.3, 0.4) is 0 Å². The van der Waals surface area contributed by atoms with Gasteiger partial charge < -0.3 is 15.3 Å². The van der Waals surface area contributed by atoms with Crippen molar-refractivity contribution in [3.63, 3.8) is 0 Å². The van der Waals surface area contributed by atoms with E-state index in [2.05, 4.69) is 6.58 Å². The van der Waals surface area contributed by atoms with Crippen molar-refractivity contribution in [3.05, 3.63) is 88.5 Å². The van der Waals surface area contributed by atoms with Gasteiger partial charge in [-0.05, 0) is 63.1 Å². The first kappa shape index (κ1) is 21.8. The van der Waals surface area contributed by atoms with Crippen LogP contribution in [-0.2, 0) is 6.42 Å². The van der Waals surface area contributed by atoms with Crippen LogP contribution in [0.25, 0.3) is 12.2 Å². The molecule has 0 aliphatic rings. The fourth-order valence-corrected chi connectivity index (χ4v) is 2.64. The summed E-state index contributed by atoms with van der Waals surface area (Å²) < 4.78 is 0. The fourth-order valence-electron chi connectivity index (χ4n) is 2.64. The first-order chi connectivity index (χ1) is 13.7. The van der Waals surface area contributed by atoms with Gasteiger partial charge in [0, 0.05) is 11.1 Å². The normalized spacial score (nSPS) is 11.1. The van der Waals surface area contributed by atoms with Crippen LogP contribution in [0, 0.1) is 0 Å². The summed E-state index contributed by atoms with van der Waals surface area (Å²) in [6, 6.07) is 7.80. The van der Waals surface area contributed by atoms with Crippen molar-refractivity contribution < 1.29 is 20.1 Å². The molecule has 3 N–H and O–H groups in total. The summed E-state index contributed by atoms with van der Waals surface area (Å²) in [5.41, 5.74) is 3.68. The zero-order valence-corrected chi connectivity index (χ0v) is 16.9. The summed E-state index contributed by atoms with van der Waals surface area (Å²) in [7, 11) is 0. The predicted molar refractivity (Wildman–Crippen MR) is 118 cm³/mol. The highest BCUT2D eigenvalue weighted by Crippen LogP contribution is 2.32. The van der Waals surface area contributed by atoms with E-state index < -0.39 is 0 Å². The predicted octanol–water partition coefficient (Wildman–Crippen LogP) is 5.80. The minimum absolute atomic E-state index is 0.0481. The Morgan fingerprint density at radius 1 is 0.966 bits per heavy atom. The lowest BCUT2D eigenvalue weighted by Crippen LogP contribution is -1.98. The first-order valence-corrected chi connectivity index (χ1v) is 9.25. The molecule has 0 atom stereocenters. The highest BCUT2D eigenvalue weighted by molar-refractivity contribution is 6.09. The molecule has 150 valence electrons. The second kappa shape index (κ2) is 9.60. The number of aromatic hydroxyl groups is 3. The van der Waals surface area contributed by atoms with E-state index in [4.69, 9.17) is 0 Å². The molecule has 2 aromatic rings. The van der Waals surface area contributed by atoms with Gasteiger partial charge in [0.1, 0.15) is 17.2 Å². The van der Waals surface area contributed by atoms with Crippen molar-refractivity contribution in [2.75, 3.05) is 0 Å². The molecule has 4 heteroatoms. The van der Waals surface area contributed by atoms with Crippen molar-refractivity contribution in [1.82, 2.24) is 0 Å². The van der Waals surface area contributed by atoms with Crippen molar-refractivity contribution >= 4 is 17.9 Å². The number of phenolic OH excluding ortho intramolecular Hbond substituents is 3. The van der Waals surface area contributed by atoms with Crippen LogP contribution >= 0.6 is 0 Å². The van der Waals surface area contributed by atoms with Crippen LogP contribution in [0.4, 0.5) is 0 Å². The number of allylic oxidation sites excluding steroid dienone is 5. The van der Waals surface area contributed by atoms with E-state index >= 15 is 0 Å². The van der Waals surface area contributed by atoms with Crippen LogP contribution in [-0.4, -0.2) is 21.1 Å². The monoisotopic (exact) mass is 390 g/mol. The van der Waals surface area contributed by atoms with E-state index in [-0.39, 0.29) is 28.6 Å². The molecule has 2 rings (SSSR count). The summed E-state index contributed by atoms with van der Waals surface area (Å²) in [6.07, 6.45) is 8.71. The zero-order valence-electron chi connectivity index (χ0n) is 16.9. The van der Waals surface area contributed by atoms with E-state index in [1.54, 1.807) is 36.4 Å². The van der Waals surface area contributed by atoms with Gasteiger partial charge in [-0.2, -0.15) is 0 Å². The van der Waals surface area contributed by atoms with E-state index in [9.17, 15) is 20.1 Å². The zero-order chi connectivity index (χ0) is 21.6. The fraction of sp³-hybridized carbons (Fsp3) is 0.160. The van der Waals surface area contributed by atoms with Gasteiger partial charge in [-0.15, -0.1) is 0 Å². The summed E-state index contributed by atoms with van der Waals surface area (Å²) >= 11 is 0. The van der Waals surface area contributed by atoms with Crippen LogP contribution < -0.4 is 0 Å². The Kier molecular flexibility index (Phi) is 7.21. The minimum Gasteiger partial charge on any atom is -0.508 e. The van der Waals surface area contributed by atoms with Gasteiger partial charge in [-0.1, -0.05) is 48.1 Å². The quantitative estimate of drug-likeness (QED) is 0.242. The third kappa shape index (κ3) is 5.98. The lowest BCUT2D eigenvalue weighted by molar-refractivity contribution is 0.104. The van der Waals surface area contributed by atoms with Crippen molar-refractivity contribution in [1.29, 1.82) is 0 Å². The second-order valence-electron chi connectivity index (χ2n) is 7.14. The second-order valence-corrected chi connectivity index (χ2v) is 7.14. The molecular formula is C25H26O4. The number of rotatable bonds is 7. The van der Waals surface area contributed by atoms with Crippen molar-refractivity contribution in [2.45, 2.75) is 27.2 Å². The van der Waals surface area contributed by atoms with E-state index in [1.807, 2.05) is 26.8 Å². The van der Waals surface area contributed by atoms with E-state index in [0.29, 0.717) is 17.5 Å². The highest BCUT2D eigenvalue weighted by atomic mass is 16.3. The summed E-state index contributed by atoms with van der Waals surface area (Å²) in [5.74, 6) is -0.514. The van der Waals surface area contributed by atoms with Crippen LogP contribution in [0.2, 0.25) is 0 Å². The number of benzene rings is 2. The molecule has 0 radical (unpaired) electrons. The third-order valence-corrected chi connectivity index (χ3v) is 4.26. The number of hydrogen-bond acceptors (Lipinski definition) is 4. The Morgan fingerprint density at radius 2 is 1.66 bits per heavy atom. The maximum atomic E-state index is 12.6. The molecule has 2 aromatic carbocycles. The average molecular weight is 390 g/mol. The molecule has 0 spiro atoms. The molecule has 0 aromatic heterocycles. The third-order valence-electron chi connectivity index (χ3n) is 4.26. The number of carbonyl (C=O) groups is 1. The van der Waals surface area contributed by atoms with Crippen molar-refractivity contribution in [3.8, 4) is 17.2 Å². The van der Waals surface area contributed by atoms with Gasteiger partial charge in [0.15, 0.2) is 5.78 Å². The van der Waals surface area contributed by atoms with Gasteiger partial charge >= 0.3 is 0 Å². The molecule has 0 heterocycles. The SMILES string of the molecule is C=C(C)/C=C/c1cc(/C=C/C(=O)c2ccc(O)c(CC=C(C)C)c2O)ccc1O. The molecule has 0 bridgehead atoms. The Balaban J connectivity index is 2.30. The minimum atomic E-state index is -0.381. The molecule has 0 saturated carbocycles. The molecular weight excluding hydrogens is 364 g/mol. The standard InChI is InChI=1S/C25H26O4/c1-16(2)5-9-19-15-18(7-12-22(19)26)8-13-23(27)21-11-14-24(28)20(25(21)29)10-6-17(3)4/h5-9,11-15,26,28-29H,1,10H2,2-4H3/b9-5+,13-8+. The Hall–Kier alpha value is -3.53. The average Bonchev–Trinajstić information content (AvgIpc) is 2.65. The summed E-state index contributed by atoms with van der Waals surface area (Å²) in [4.78, 5) is 12.6. The molecule has 0 unspecified atom stereocenters. The van der Waals surface area contributed by atoms with Crippen LogP contribution in [0.5, 0.6) is 17.2 Å². The number of phenols is 3. The Bertz CT molecular complexity index is 1020. The van der Waals surface area contributed by atoms with Crippen molar-refractivity contribution in [2.24, 2.45) is 0 Å². The summed E-state index contributed by atoms with van der Waals surface area (Å²) in [6.45, 7) is 9.48. The van der Waals surface area contributed by atoms with Gasteiger partial charge in [0.05, 0.1) is 5.56 Å². The number of carbonyl (C=O) groups excluding carboxylic acids is 1. The highest BCUT2D eigenvalue weighted by Gasteiger charge is 2.15. The van der Waals surface area contributed by atoms with Crippen LogP contribution in [0.1, 0.15) is 47.8 Å². The van der Waals surface area contributed by atoms with Gasteiger partial charge in [0.2, 0.25) is 0 Å². The van der Waals surface area contributed by atoms with Crippen LogP contribution in [0.15, 0.2) is 66.3 Å². The maximum Gasteiger partial charge on any atom is 0.189 e. The van der Waals surface area contributed by atoms with E-state index in [1.165, 1.54) is 18.2 Å². The Labute approximate surface area is 171 Å². The van der Waals surface area contributed by atoms with Gasteiger partial charge in [-0.25, -0.2) is 0 Å².